The number of rotatable bonds is 9. The Labute approximate surface area is 118 Å². The van der Waals surface area contributed by atoms with Gasteiger partial charge in [-0.05, 0) is 12.8 Å². The molecule has 0 heterocycles. The molecule has 0 radical (unpaired) electrons. The number of hydrogen-bond acceptors (Lipinski definition) is 4. The molecule has 2 amide bonds. The number of carbonyl (C=O) groups excluding carboxylic acids is 2. The summed E-state index contributed by atoms with van der Waals surface area (Å²) in [5.41, 5.74) is 0. The third-order valence-electron chi connectivity index (χ3n) is 2.15. The molecule has 2 N–H and O–H groups in total. The highest BCUT2D eigenvalue weighted by atomic mass is 32.2. The fourth-order valence-electron chi connectivity index (χ4n) is 1.11. The molecule has 0 aliphatic carbocycles. The van der Waals surface area contributed by atoms with Crippen molar-refractivity contribution in [3.05, 3.63) is 0 Å². The highest BCUT2D eigenvalue weighted by molar-refractivity contribution is 8.16. The largest absolute Gasteiger partial charge is 0.347 e. The van der Waals surface area contributed by atoms with Crippen molar-refractivity contribution in [1.82, 2.24) is 10.6 Å². The smallest absolute Gasteiger partial charge is 0.279 e. The van der Waals surface area contributed by atoms with Crippen LogP contribution in [0, 0.1) is 0 Å². The number of amides is 2. The van der Waals surface area contributed by atoms with Crippen LogP contribution in [0.15, 0.2) is 0 Å². The number of carbonyl (C=O) groups is 2. The Morgan fingerprint density at radius 3 is 1.56 bits per heavy atom. The fourth-order valence-corrected chi connectivity index (χ4v) is 2.55. The SMILES string of the molecule is CCCCNC(=O)SCCSC(=O)NCCCC. The van der Waals surface area contributed by atoms with Crippen molar-refractivity contribution in [3.63, 3.8) is 0 Å². The zero-order valence-electron chi connectivity index (χ0n) is 11.3. The molecule has 0 saturated carbocycles. The Bertz CT molecular complexity index is 214. The highest BCUT2D eigenvalue weighted by Crippen LogP contribution is 2.08. The van der Waals surface area contributed by atoms with Crippen molar-refractivity contribution >= 4 is 34.0 Å². The minimum absolute atomic E-state index is 0.00967. The quantitative estimate of drug-likeness (QED) is 0.639. The number of hydrogen-bond donors (Lipinski definition) is 2. The number of unbranched alkanes of at least 4 members (excludes halogenated alkanes) is 2. The normalized spacial score (nSPS) is 10.1. The lowest BCUT2D eigenvalue weighted by molar-refractivity contribution is 0.259. The molecule has 0 spiro atoms. The second-order valence-electron chi connectivity index (χ2n) is 3.83. The minimum atomic E-state index is 0.00967. The summed E-state index contributed by atoms with van der Waals surface area (Å²) < 4.78 is 0. The van der Waals surface area contributed by atoms with Gasteiger partial charge in [0.1, 0.15) is 0 Å². The van der Waals surface area contributed by atoms with Crippen molar-refractivity contribution in [2.75, 3.05) is 24.6 Å². The second-order valence-corrected chi connectivity index (χ2v) is 5.97. The number of nitrogens with one attached hydrogen (secondary N) is 2. The Kier molecular flexibility index (Phi) is 12.8. The maximum Gasteiger partial charge on any atom is 0.279 e. The maximum absolute atomic E-state index is 11.3. The first kappa shape index (κ1) is 17.6. The van der Waals surface area contributed by atoms with E-state index in [2.05, 4.69) is 24.5 Å². The molecule has 0 bridgehead atoms. The summed E-state index contributed by atoms with van der Waals surface area (Å²) >= 11 is 2.49. The molecule has 106 valence electrons. The van der Waals surface area contributed by atoms with Crippen LogP contribution < -0.4 is 10.6 Å². The topological polar surface area (TPSA) is 58.2 Å². The minimum Gasteiger partial charge on any atom is -0.347 e. The van der Waals surface area contributed by atoms with E-state index < -0.39 is 0 Å². The lowest BCUT2D eigenvalue weighted by Crippen LogP contribution is -2.21. The first-order valence-corrected chi connectivity index (χ1v) is 8.49. The molecule has 0 aromatic rings. The molecule has 0 saturated heterocycles. The summed E-state index contributed by atoms with van der Waals surface area (Å²) in [5, 5.41) is 5.67. The van der Waals surface area contributed by atoms with Gasteiger partial charge in [-0.15, -0.1) is 0 Å². The molecule has 0 fully saturated rings. The van der Waals surface area contributed by atoms with Crippen molar-refractivity contribution in [2.45, 2.75) is 39.5 Å². The Morgan fingerprint density at radius 2 is 1.22 bits per heavy atom. The third-order valence-corrected chi connectivity index (χ3v) is 4.04. The van der Waals surface area contributed by atoms with Crippen LogP contribution in [0.4, 0.5) is 9.59 Å². The van der Waals surface area contributed by atoms with Gasteiger partial charge >= 0.3 is 0 Å². The van der Waals surface area contributed by atoms with E-state index in [-0.39, 0.29) is 10.5 Å². The summed E-state index contributed by atoms with van der Waals surface area (Å²) in [6, 6.07) is 0. The first-order valence-electron chi connectivity index (χ1n) is 6.52. The maximum atomic E-state index is 11.3. The second kappa shape index (κ2) is 13.1. The molecule has 18 heavy (non-hydrogen) atoms. The van der Waals surface area contributed by atoms with Gasteiger partial charge in [0.2, 0.25) is 0 Å². The predicted molar refractivity (Wildman–Crippen MR) is 81.5 cm³/mol. The molecular weight excluding hydrogens is 268 g/mol. The average Bonchev–Trinajstić information content (AvgIpc) is 2.35. The molecule has 6 heteroatoms. The standard InChI is InChI=1S/C12H24N2O2S2/c1-3-5-7-13-11(15)17-9-10-18-12(16)14-8-6-4-2/h3-10H2,1-2H3,(H,13,15)(H,14,16). The van der Waals surface area contributed by atoms with Crippen LogP contribution >= 0.6 is 23.5 Å². The van der Waals surface area contributed by atoms with Crippen LogP contribution in [0.5, 0.6) is 0 Å². The van der Waals surface area contributed by atoms with Crippen LogP contribution in [-0.2, 0) is 0 Å². The molecule has 0 aromatic heterocycles. The molecule has 0 aromatic carbocycles. The van der Waals surface area contributed by atoms with Crippen molar-refractivity contribution in [3.8, 4) is 0 Å². The van der Waals surface area contributed by atoms with E-state index in [1.54, 1.807) is 0 Å². The zero-order chi connectivity index (χ0) is 13.6. The summed E-state index contributed by atoms with van der Waals surface area (Å²) in [4.78, 5) is 22.6. The Hall–Kier alpha value is -0.360. The monoisotopic (exact) mass is 292 g/mol. The van der Waals surface area contributed by atoms with E-state index in [4.69, 9.17) is 0 Å². The molecule has 0 atom stereocenters. The zero-order valence-corrected chi connectivity index (χ0v) is 12.9. The van der Waals surface area contributed by atoms with Gasteiger partial charge in [-0.3, -0.25) is 9.59 Å². The van der Waals surface area contributed by atoms with Gasteiger partial charge in [0.25, 0.3) is 10.5 Å². The van der Waals surface area contributed by atoms with Gasteiger partial charge in [-0.2, -0.15) is 0 Å². The van der Waals surface area contributed by atoms with Gasteiger partial charge in [0, 0.05) is 24.6 Å². The molecule has 0 aliphatic rings. The van der Waals surface area contributed by atoms with Gasteiger partial charge in [0.15, 0.2) is 0 Å². The van der Waals surface area contributed by atoms with Crippen LogP contribution in [-0.4, -0.2) is 35.1 Å². The highest BCUT2D eigenvalue weighted by Gasteiger charge is 2.04. The summed E-state index contributed by atoms with van der Waals surface area (Å²) in [6.07, 6.45) is 4.19. The molecule has 0 rings (SSSR count). The van der Waals surface area contributed by atoms with Crippen molar-refractivity contribution in [1.29, 1.82) is 0 Å². The van der Waals surface area contributed by atoms with Crippen LogP contribution in [0.2, 0.25) is 0 Å². The number of thioether (sulfide) groups is 2. The van der Waals surface area contributed by atoms with Crippen LogP contribution in [0.1, 0.15) is 39.5 Å². The lowest BCUT2D eigenvalue weighted by Gasteiger charge is -2.04. The van der Waals surface area contributed by atoms with Crippen molar-refractivity contribution < 1.29 is 9.59 Å². The van der Waals surface area contributed by atoms with E-state index in [0.29, 0.717) is 11.5 Å². The average molecular weight is 292 g/mol. The van der Waals surface area contributed by atoms with E-state index in [1.807, 2.05) is 0 Å². The molecule has 4 nitrogen and oxygen atoms in total. The van der Waals surface area contributed by atoms with E-state index >= 15 is 0 Å². The molecule has 0 unspecified atom stereocenters. The molecular formula is C12H24N2O2S2. The van der Waals surface area contributed by atoms with E-state index in [9.17, 15) is 9.59 Å². The van der Waals surface area contributed by atoms with Gasteiger partial charge in [0.05, 0.1) is 0 Å². The van der Waals surface area contributed by atoms with Gasteiger partial charge in [-0.25, -0.2) is 0 Å². The third kappa shape index (κ3) is 12.1. The van der Waals surface area contributed by atoms with Gasteiger partial charge in [-0.1, -0.05) is 50.2 Å². The van der Waals surface area contributed by atoms with E-state index in [1.165, 1.54) is 23.5 Å². The lowest BCUT2D eigenvalue weighted by atomic mass is 10.3. The van der Waals surface area contributed by atoms with Crippen molar-refractivity contribution in [2.24, 2.45) is 0 Å². The Balaban J connectivity index is 3.32. The summed E-state index contributed by atoms with van der Waals surface area (Å²) in [5.74, 6) is 1.34. The predicted octanol–water partition coefficient (Wildman–Crippen LogP) is 3.47. The van der Waals surface area contributed by atoms with Gasteiger partial charge < -0.3 is 10.6 Å². The Morgan fingerprint density at radius 1 is 0.833 bits per heavy atom. The van der Waals surface area contributed by atoms with E-state index in [0.717, 1.165) is 38.8 Å². The van der Waals surface area contributed by atoms with Crippen LogP contribution in [0.25, 0.3) is 0 Å². The summed E-state index contributed by atoms with van der Waals surface area (Å²) in [7, 11) is 0. The van der Waals surface area contributed by atoms with Crippen LogP contribution in [0.3, 0.4) is 0 Å². The first-order chi connectivity index (χ1) is 8.70. The molecule has 0 aliphatic heterocycles. The fraction of sp³-hybridized carbons (Fsp3) is 0.833. The summed E-state index contributed by atoms with van der Waals surface area (Å²) in [6.45, 7) is 5.67.